The molecule has 8 heteroatoms. The zero-order valence-electron chi connectivity index (χ0n) is 16.9. The summed E-state index contributed by atoms with van der Waals surface area (Å²) in [5.41, 5.74) is 1.86. The van der Waals surface area contributed by atoms with Crippen LogP contribution in [-0.4, -0.2) is 26.9 Å². The molecule has 3 aliphatic carbocycles. The summed E-state index contributed by atoms with van der Waals surface area (Å²) in [5.74, 6) is 2.33. The maximum atomic E-state index is 12.5. The fourth-order valence-corrected chi connectivity index (χ4v) is 6.57. The molecule has 3 aromatic rings. The van der Waals surface area contributed by atoms with E-state index in [4.69, 9.17) is 20.4 Å². The number of fused-ring (bicyclic) bond motifs is 1. The lowest BCUT2D eigenvalue weighted by atomic mass is 9.50. The lowest BCUT2D eigenvalue weighted by Gasteiger charge is -2.57. The van der Waals surface area contributed by atoms with Crippen molar-refractivity contribution in [2.45, 2.75) is 55.6 Å². The summed E-state index contributed by atoms with van der Waals surface area (Å²) in [4.78, 5) is 17.1. The van der Waals surface area contributed by atoms with Crippen molar-refractivity contribution in [2.24, 2.45) is 11.3 Å². The third kappa shape index (κ3) is 3.72. The molecule has 1 atom stereocenters. The molecule has 0 aliphatic heterocycles. The van der Waals surface area contributed by atoms with Crippen molar-refractivity contribution in [3.8, 4) is 0 Å². The summed E-state index contributed by atoms with van der Waals surface area (Å²) in [7, 11) is -1.15. The zero-order valence-corrected chi connectivity index (χ0v) is 18.5. The van der Waals surface area contributed by atoms with Crippen LogP contribution in [0.2, 0.25) is 5.02 Å². The average Bonchev–Trinajstić information content (AvgIpc) is 3.20. The number of oxazole rings is 1. The Hall–Kier alpha value is -2.12. The van der Waals surface area contributed by atoms with Gasteiger partial charge in [-0.3, -0.25) is 9.00 Å². The first-order valence-electron chi connectivity index (χ1n) is 10.8. The molecule has 2 heterocycles. The van der Waals surface area contributed by atoms with Crippen LogP contribution in [0.3, 0.4) is 0 Å². The maximum absolute atomic E-state index is 12.5. The van der Waals surface area contributed by atoms with Crippen molar-refractivity contribution in [3.05, 3.63) is 47.0 Å². The molecule has 1 N–H and O–H groups in total. The number of halogens is 1. The summed E-state index contributed by atoms with van der Waals surface area (Å²) in [5, 5.41) is 4.12. The van der Waals surface area contributed by atoms with E-state index < -0.39 is 10.8 Å². The average molecular weight is 459 g/mol. The van der Waals surface area contributed by atoms with Crippen LogP contribution in [0.25, 0.3) is 11.1 Å². The second-order valence-corrected chi connectivity index (χ2v) is 11.3. The number of nitrogens with one attached hydrogen (secondary N) is 1. The van der Waals surface area contributed by atoms with Crippen LogP contribution >= 0.6 is 11.6 Å². The third-order valence-electron chi connectivity index (χ3n) is 6.88. The van der Waals surface area contributed by atoms with Gasteiger partial charge in [-0.05, 0) is 80.2 Å². The minimum Gasteiger partial charge on any atom is -0.442 e. The Labute approximate surface area is 187 Å². The molecule has 1 spiro atoms. The van der Waals surface area contributed by atoms with E-state index in [1.807, 2.05) is 18.2 Å². The van der Waals surface area contributed by atoms with Gasteiger partial charge in [-0.2, -0.15) is 0 Å². The lowest BCUT2D eigenvalue weighted by molar-refractivity contribution is -0.0256. The van der Waals surface area contributed by atoms with Gasteiger partial charge in [0.15, 0.2) is 22.3 Å². The standard InChI is InChI=1S/C23H23ClN2O4S/c24-15-3-4-18-17(7-15)26-22(30-18)14-8-23(9-14)10-16(11-23)25-21(27)19-5-6-20(29-19)31(28)12-13-1-2-13/h3-7,13-14,16H,1-2,8-12H2,(H,25,27)/t14?,16?,23?,31-/m0/s1. The molecule has 162 valence electrons. The molecule has 1 aromatic carbocycles. The van der Waals surface area contributed by atoms with Crippen molar-refractivity contribution in [3.63, 3.8) is 0 Å². The van der Waals surface area contributed by atoms with Gasteiger partial charge in [0.05, 0.1) is 10.8 Å². The summed E-state index contributed by atoms with van der Waals surface area (Å²) in [6.07, 6.45) is 6.27. The van der Waals surface area contributed by atoms with Crippen molar-refractivity contribution in [1.29, 1.82) is 0 Å². The Morgan fingerprint density at radius 2 is 1.97 bits per heavy atom. The van der Waals surface area contributed by atoms with E-state index >= 15 is 0 Å². The topological polar surface area (TPSA) is 85.3 Å². The van der Waals surface area contributed by atoms with Gasteiger partial charge in [-0.1, -0.05) is 11.6 Å². The number of aromatic nitrogens is 1. The second-order valence-electron chi connectivity index (χ2n) is 9.42. The summed E-state index contributed by atoms with van der Waals surface area (Å²) >= 11 is 6.04. The van der Waals surface area contributed by atoms with E-state index in [1.54, 1.807) is 12.1 Å². The number of carbonyl (C=O) groups excluding carboxylic acids is 1. The molecule has 3 fully saturated rings. The van der Waals surface area contributed by atoms with Gasteiger partial charge in [0.2, 0.25) is 0 Å². The minimum absolute atomic E-state index is 0.154. The Morgan fingerprint density at radius 3 is 2.74 bits per heavy atom. The van der Waals surface area contributed by atoms with Crippen molar-refractivity contribution >= 4 is 39.4 Å². The van der Waals surface area contributed by atoms with Gasteiger partial charge in [0.1, 0.15) is 5.52 Å². The van der Waals surface area contributed by atoms with Crippen LogP contribution in [-0.2, 0) is 10.8 Å². The van der Waals surface area contributed by atoms with Gasteiger partial charge < -0.3 is 14.2 Å². The Bertz CT molecular complexity index is 1180. The van der Waals surface area contributed by atoms with E-state index in [9.17, 15) is 9.00 Å². The van der Waals surface area contributed by atoms with Gasteiger partial charge in [0, 0.05) is 22.7 Å². The SMILES string of the molecule is O=C(NC1CC2(C1)CC(c1nc3cc(Cl)ccc3o1)C2)c1ccc([S@@](=O)CC2CC2)o1. The molecule has 6 nitrogen and oxygen atoms in total. The van der Waals surface area contributed by atoms with Crippen LogP contribution in [0.4, 0.5) is 0 Å². The molecule has 0 unspecified atom stereocenters. The van der Waals surface area contributed by atoms with E-state index in [1.165, 1.54) is 0 Å². The number of nitrogens with zero attached hydrogens (tertiary/aromatic N) is 1. The Morgan fingerprint density at radius 1 is 1.16 bits per heavy atom. The normalized spacial score (nSPS) is 28.3. The molecular weight excluding hydrogens is 436 g/mol. The van der Waals surface area contributed by atoms with Crippen LogP contribution < -0.4 is 5.32 Å². The number of hydrogen-bond acceptors (Lipinski definition) is 5. The Kier molecular flexibility index (Phi) is 4.54. The predicted octanol–water partition coefficient (Wildman–Crippen LogP) is 5.05. The smallest absolute Gasteiger partial charge is 0.287 e. The summed E-state index contributed by atoms with van der Waals surface area (Å²) in [6.45, 7) is 0. The maximum Gasteiger partial charge on any atom is 0.287 e. The van der Waals surface area contributed by atoms with Crippen molar-refractivity contribution in [2.75, 3.05) is 5.75 Å². The number of benzene rings is 1. The predicted molar refractivity (Wildman–Crippen MR) is 117 cm³/mol. The largest absolute Gasteiger partial charge is 0.442 e. The minimum atomic E-state index is -1.15. The molecular formula is C23H23ClN2O4S. The van der Waals surface area contributed by atoms with E-state index in [0.29, 0.717) is 27.7 Å². The molecule has 6 rings (SSSR count). The second kappa shape index (κ2) is 7.20. The highest BCUT2D eigenvalue weighted by molar-refractivity contribution is 7.84. The van der Waals surface area contributed by atoms with E-state index in [2.05, 4.69) is 10.3 Å². The van der Waals surface area contributed by atoms with Crippen LogP contribution in [0.1, 0.15) is 60.9 Å². The van der Waals surface area contributed by atoms with Crippen LogP contribution in [0, 0.1) is 11.3 Å². The molecule has 0 bridgehead atoms. The fourth-order valence-electron chi connectivity index (χ4n) is 5.08. The molecule has 31 heavy (non-hydrogen) atoms. The molecule has 1 amide bonds. The number of amides is 1. The highest BCUT2D eigenvalue weighted by Crippen LogP contribution is 2.61. The summed E-state index contributed by atoms with van der Waals surface area (Å²) < 4.78 is 23.7. The molecule has 0 saturated heterocycles. The van der Waals surface area contributed by atoms with Gasteiger partial charge in [-0.25, -0.2) is 4.98 Å². The zero-order chi connectivity index (χ0) is 21.2. The van der Waals surface area contributed by atoms with Gasteiger partial charge in [-0.15, -0.1) is 0 Å². The monoisotopic (exact) mass is 458 g/mol. The molecule has 0 radical (unpaired) electrons. The first-order valence-corrected chi connectivity index (χ1v) is 12.5. The number of hydrogen-bond donors (Lipinski definition) is 1. The number of rotatable bonds is 6. The lowest BCUT2D eigenvalue weighted by Crippen LogP contribution is -2.55. The number of furan rings is 1. The first kappa shape index (κ1) is 19.6. The fraction of sp³-hybridized carbons (Fsp3) is 0.478. The first-order chi connectivity index (χ1) is 15.0. The summed E-state index contributed by atoms with van der Waals surface area (Å²) in [6, 6.07) is 8.95. The highest BCUT2D eigenvalue weighted by atomic mass is 35.5. The van der Waals surface area contributed by atoms with Crippen LogP contribution in [0.5, 0.6) is 0 Å². The van der Waals surface area contributed by atoms with E-state index in [-0.39, 0.29) is 23.1 Å². The molecule has 2 aromatic heterocycles. The van der Waals surface area contributed by atoms with Crippen molar-refractivity contribution in [1.82, 2.24) is 10.3 Å². The third-order valence-corrected chi connectivity index (χ3v) is 8.56. The van der Waals surface area contributed by atoms with Crippen LogP contribution in [0.15, 0.2) is 44.3 Å². The van der Waals surface area contributed by atoms with Gasteiger partial charge >= 0.3 is 0 Å². The van der Waals surface area contributed by atoms with Gasteiger partial charge in [0.25, 0.3) is 5.91 Å². The quantitative estimate of drug-likeness (QED) is 0.558. The molecule has 3 aliphatic rings. The Balaban J connectivity index is 1.01. The molecule has 3 saturated carbocycles. The number of carbonyl (C=O) groups is 1. The van der Waals surface area contributed by atoms with E-state index in [0.717, 1.165) is 55.5 Å². The van der Waals surface area contributed by atoms with Crippen molar-refractivity contribution < 1.29 is 17.8 Å². The highest BCUT2D eigenvalue weighted by Gasteiger charge is 2.54.